The number of hydrogen-bond donors (Lipinski definition) is 1. The van der Waals surface area contributed by atoms with E-state index < -0.39 is 34.4 Å². The number of aryl methyl sites for hydroxylation is 2. The predicted molar refractivity (Wildman–Crippen MR) is 88.4 cm³/mol. The Labute approximate surface area is 144 Å². The second-order valence-electron chi connectivity index (χ2n) is 5.55. The van der Waals surface area contributed by atoms with Crippen LogP contribution in [0.2, 0.25) is 0 Å². The Morgan fingerprint density at radius 3 is 2.58 bits per heavy atom. The highest BCUT2D eigenvalue weighted by Crippen LogP contribution is 2.14. The Morgan fingerprint density at radius 2 is 2.00 bits per heavy atom. The average Bonchev–Trinajstić information content (AvgIpc) is 2.81. The normalized spacial score (nSPS) is 19.0. The van der Waals surface area contributed by atoms with Crippen LogP contribution in [0.1, 0.15) is 17.8 Å². The SMILES string of the molecule is Cc1cc(C)nc(SCC(=O)OCC(=O)N[C@H]2CCS(=O)(=O)C2)n1. The summed E-state index contributed by atoms with van der Waals surface area (Å²) in [6.45, 7) is 3.25. The van der Waals surface area contributed by atoms with Gasteiger partial charge < -0.3 is 10.1 Å². The van der Waals surface area contributed by atoms with Crippen molar-refractivity contribution in [2.24, 2.45) is 0 Å². The summed E-state index contributed by atoms with van der Waals surface area (Å²) in [4.78, 5) is 31.7. The Bertz CT molecular complexity index is 716. The number of carbonyl (C=O) groups excluding carboxylic acids is 2. The van der Waals surface area contributed by atoms with E-state index in [4.69, 9.17) is 4.74 Å². The van der Waals surface area contributed by atoms with Crippen molar-refractivity contribution in [1.29, 1.82) is 0 Å². The van der Waals surface area contributed by atoms with Gasteiger partial charge in [-0.05, 0) is 26.3 Å². The molecule has 0 aliphatic carbocycles. The van der Waals surface area contributed by atoms with Crippen LogP contribution < -0.4 is 5.32 Å². The molecule has 10 heteroatoms. The average molecular weight is 373 g/mol. The number of esters is 1. The van der Waals surface area contributed by atoms with Gasteiger partial charge in [-0.15, -0.1) is 0 Å². The van der Waals surface area contributed by atoms with Crippen molar-refractivity contribution in [3.8, 4) is 0 Å². The Balaban J connectivity index is 1.70. The van der Waals surface area contributed by atoms with E-state index in [9.17, 15) is 18.0 Å². The molecule has 1 aromatic heterocycles. The molecule has 132 valence electrons. The fourth-order valence-electron chi connectivity index (χ4n) is 2.25. The molecule has 1 fully saturated rings. The maximum Gasteiger partial charge on any atom is 0.316 e. The van der Waals surface area contributed by atoms with Crippen molar-refractivity contribution >= 4 is 33.5 Å². The first kappa shape index (κ1) is 18.7. The third kappa shape index (κ3) is 6.08. The van der Waals surface area contributed by atoms with Gasteiger partial charge >= 0.3 is 5.97 Å². The summed E-state index contributed by atoms with van der Waals surface area (Å²) in [5.74, 6) is -1.06. The number of rotatable bonds is 6. The number of nitrogens with zero attached hydrogens (tertiary/aromatic N) is 2. The third-order valence-electron chi connectivity index (χ3n) is 3.24. The lowest BCUT2D eigenvalue weighted by atomic mass is 10.2. The van der Waals surface area contributed by atoms with Crippen molar-refractivity contribution < 1.29 is 22.7 Å². The van der Waals surface area contributed by atoms with Gasteiger partial charge in [-0.2, -0.15) is 0 Å². The van der Waals surface area contributed by atoms with Gasteiger partial charge in [-0.25, -0.2) is 18.4 Å². The van der Waals surface area contributed by atoms with Crippen LogP contribution in [0.5, 0.6) is 0 Å². The standard InChI is InChI=1S/C14H19N3O5S2/c1-9-5-10(2)16-14(15-9)23-7-13(19)22-6-12(18)17-11-3-4-24(20,21)8-11/h5,11H,3-4,6-8H2,1-2H3,(H,17,18)/t11-/m0/s1. The van der Waals surface area contributed by atoms with E-state index in [1.807, 2.05) is 19.9 Å². The molecule has 8 nitrogen and oxygen atoms in total. The van der Waals surface area contributed by atoms with E-state index in [1.54, 1.807) is 0 Å². The van der Waals surface area contributed by atoms with Gasteiger partial charge in [0, 0.05) is 17.4 Å². The first-order valence-electron chi connectivity index (χ1n) is 7.34. The zero-order chi connectivity index (χ0) is 17.7. The molecule has 1 aliphatic rings. The summed E-state index contributed by atoms with van der Waals surface area (Å²) in [5.41, 5.74) is 1.62. The first-order chi connectivity index (χ1) is 11.2. The molecule has 1 N–H and O–H groups in total. The van der Waals surface area contributed by atoms with E-state index in [0.717, 1.165) is 23.1 Å². The van der Waals surface area contributed by atoms with Gasteiger partial charge in [-0.1, -0.05) is 11.8 Å². The van der Waals surface area contributed by atoms with Gasteiger partial charge in [0.1, 0.15) is 0 Å². The topological polar surface area (TPSA) is 115 Å². The largest absolute Gasteiger partial charge is 0.455 e. The van der Waals surface area contributed by atoms with E-state index >= 15 is 0 Å². The number of carbonyl (C=O) groups is 2. The number of sulfone groups is 1. The van der Waals surface area contributed by atoms with E-state index in [-0.39, 0.29) is 17.3 Å². The molecule has 2 heterocycles. The monoisotopic (exact) mass is 373 g/mol. The van der Waals surface area contributed by atoms with Gasteiger partial charge in [0.25, 0.3) is 5.91 Å². The van der Waals surface area contributed by atoms with E-state index in [0.29, 0.717) is 11.6 Å². The zero-order valence-electron chi connectivity index (χ0n) is 13.4. The molecule has 0 unspecified atom stereocenters. The molecule has 1 atom stereocenters. The summed E-state index contributed by atoms with van der Waals surface area (Å²) >= 11 is 1.13. The quantitative estimate of drug-likeness (QED) is 0.422. The van der Waals surface area contributed by atoms with Crippen LogP contribution in [-0.2, 0) is 24.2 Å². The van der Waals surface area contributed by atoms with Gasteiger partial charge in [0.15, 0.2) is 21.6 Å². The number of ether oxygens (including phenoxy) is 1. The highest BCUT2D eigenvalue weighted by Gasteiger charge is 2.29. The van der Waals surface area contributed by atoms with Crippen LogP contribution in [0.4, 0.5) is 0 Å². The summed E-state index contributed by atoms with van der Waals surface area (Å²) in [5, 5.41) is 3.03. The molecule has 0 aromatic carbocycles. The molecule has 0 saturated carbocycles. The Morgan fingerprint density at radius 1 is 1.33 bits per heavy atom. The van der Waals surface area contributed by atoms with Gasteiger partial charge in [0.2, 0.25) is 0 Å². The number of thioether (sulfide) groups is 1. The minimum Gasteiger partial charge on any atom is -0.455 e. The summed E-state index contributed by atoms with van der Waals surface area (Å²) in [7, 11) is -3.06. The maximum absolute atomic E-state index is 11.7. The zero-order valence-corrected chi connectivity index (χ0v) is 15.1. The second kappa shape index (κ2) is 7.93. The van der Waals surface area contributed by atoms with Gasteiger partial charge in [0.05, 0.1) is 17.3 Å². The molecule has 1 saturated heterocycles. The van der Waals surface area contributed by atoms with Crippen LogP contribution in [0.3, 0.4) is 0 Å². The molecule has 24 heavy (non-hydrogen) atoms. The van der Waals surface area contributed by atoms with E-state index in [1.165, 1.54) is 0 Å². The first-order valence-corrected chi connectivity index (χ1v) is 10.1. The van der Waals surface area contributed by atoms with Crippen molar-refractivity contribution in [2.45, 2.75) is 31.5 Å². The molecular formula is C14H19N3O5S2. The second-order valence-corrected chi connectivity index (χ2v) is 8.72. The predicted octanol–water partition coefficient (Wildman–Crippen LogP) is 0.0320. The smallest absolute Gasteiger partial charge is 0.316 e. The van der Waals surface area contributed by atoms with Crippen LogP contribution >= 0.6 is 11.8 Å². The van der Waals surface area contributed by atoms with Gasteiger partial charge in [-0.3, -0.25) is 9.59 Å². The minimum atomic E-state index is -3.06. The molecule has 0 bridgehead atoms. The molecule has 1 aromatic rings. The number of aromatic nitrogens is 2. The lowest BCUT2D eigenvalue weighted by molar-refractivity contribution is -0.146. The highest BCUT2D eigenvalue weighted by atomic mass is 32.2. The lowest BCUT2D eigenvalue weighted by Crippen LogP contribution is -2.38. The van der Waals surface area contributed by atoms with Crippen molar-refractivity contribution in [1.82, 2.24) is 15.3 Å². The summed E-state index contributed by atoms with van der Waals surface area (Å²) < 4.78 is 27.5. The van der Waals surface area contributed by atoms with Crippen LogP contribution in [0.25, 0.3) is 0 Å². The minimum absolute atomic E-state index is 0.00597. The van der Waals surface area contributed by atoms with Crippen LogP contribution in [-0.4, -0.2) is 60.2 Å². The van der Waals surface area contributed by atoms with Crippen molar-refractivity contribution in [2.75, 3.05) is 23.9 Å². The van der Waals surface area contributed by atoms with E-state index in [2.05, 4.69) is 15.3 Å². The molecule has 1 aliphatic heterocycles. The summed E-state index contributed by atoms with van der Waals surface area (Å²) in [6, 6.07) is 1.43. The molecule has 1 amide bonds. The molecular weight excluding hydrogens is 354 g/mol. The maximum atomic E-state index is 11.7. The third-order valence-corrected chi connectivity index (χ3v) is 5.83. The Hall–Kier alpha value is -1.68. The molecule has 0 spiro atoms. The summed E-state index contributed by atoms with van der Waals surface area (Å²) in [6.07, 6.45) is 0.391. The molecule has 2 rings (SSSR count). The van der Waals surface area contributed by atoms with Crippen molar-refractivity contribution in [3.05, 3.63) is 17.5 Å². The number of hydrogen-bond acceptors (Lipinski definition) is 8. The highest BCUT2D eigenvalue weighted by molar-refractivity contribution is 7.99. The number of nitrogens with one attached hydrogen (secondary N) is 1. The fourth-order valence-corrected chi connectivity index (χ4v) is 4.67. The fraction of sp³-hybridized carbons (Fsp3) is 0.571. The van der Waals surface area contributed by atoms with Crippen LogP contribution in [0, 0.1) is 13.8 Å². The Kier molecular flexibility index (Phi) is 6.16. The van der Waals surface area contributed by atoms with Crippen LogP contribution in [0.15, 0.2) is 11.2 Å². The number of amides is 1. The molecule has 0 radical (unpaired) electrons. The van der Waals surface area contributed by atoms with Crippen molar-refractivity contribution in [3.63, 3.8) is 0 Å². The lowest BCUT2D eigenvalue weighted by Gasteiger charge is -2.10.